The maximum atomic E-state index is 12.5. The van der Waals surface area contributed by atoms with Crippen LogP contribution >= 0.6 is 15.9 Å². The fraction of sp³-hybridized carbons (Fsp3) is 0.333. The summed E-state index contributed by atoms with van der Waals surface area (Å²) in [5, 5.41) is 2.91. The molecule has 0 unspecified atom stereocenters. The average molecular weight is 486 g/mol. The van der Waals surface area contributed by atoms with E-state index in [1.165, 1.54) is 0 Å². The fourth-order valence-electron chi connectivity index (χ4n) is 3.01. The topological polar surface area (TPSA) is 76.2 Å². The van der Waals surface area contributed by atoms with Crippen LogP contribution in [0.3, 0.4) is 0 Å². The van der Waals surface area contributed by atoms with Gasteiger partial charge in [-0.3, -0.25) is 0 Å². The lowest BCUT2D eigenvalue weighted by Gasteiger charge is -2.26. The van der Waals surface area contributed by atoms with Gasteiger partial charge in [-0.15, -0.1) is 0 Å². The highest BCUT2D eigenvalue weighted by molar-refractivity contribution is 9.10. The van der Waals surface area contributed by atoms with Crippen molar-refractivity contribution in [2.45, 2.75) is 52.0 Å². The highest BCUT2D eigenvalue weighted by Gasteiger charge is 2.28. The maximum absolute atomic E-state index is 12.5. The molecule has 6 nitrogen and oxygen atoms in total. The minimum Gasteiger partial charge on any atom is -0.444 e. The lowest BCUT2D eigenvalue weighted by Crippen LogP contribution is -2.40. The molecule has 2 atom stereocenters. The van der Waals surface area contributed by atoms with Crippen molar-refractivity contribution in [3.8, 4) is 11.3 Å². The Kier molecular flexibility index (Phi) is 7.51. The Morgan fingerprint density at radius 3 is 2.45 bits per heavy atom. The molecule has 0 saturated carbocycles. The third-order valence-electron chi connectivity index (χ3n) is 4.54. The van der Waals surface area contributed by atoms with E-state index in [1.807, 2.05) is 82.3 Å². The fourth-order valence-corrected chi connectivity index (χ4v) is 3.28. The van der Waals surface area contributed by atoms with Gasteiger partial charge in [0.05, 0.1) is 24.6 Å². The van der Waals surface area contributed by atoms with Gasteiger partial charge in [0.2, 0.25) is 0 Å². The van der Waals surface area contributed by atoms with Gasteiger partial charge in [0.25, 0.3) is 0 Å². The van der Waals surface area contributed by atoms with Crippen LogP contribution in [0, 0.1) is 0 Å². The summed E-state index contributed by atoms with van der Waals surface area (Å²) in [4.78, 5) is 20.3. The van der Waals surface area contributed by atoms with E-state index in [0.29, 0.717) is 12.4 Å². The van der Waals surface area contributed by atoms with Crippen molar-refractivity contribution in [1.82, 2.24) is 15.3 Å². The van der Waals surface area contributed by atoms with Gasteiger partial charge in [-0.05, 0) is 51.0 Å². The number of hydrogen-bond donors (Lipinski definition) is 2. The van der Waals surface area contributed by atoms with Gasteiger partial charge in [-0.2, -0.15) is 0 Å². The number of nitrogens with zero attached hydrogens (tertiary/aromatic N) is 1. The number of alkyl carbamates (subject to hydrolysis) is 1. The molecule has 0 spiro atoms. The van der Waals surface area contributed by atoms with Crippen molar-refractivity contribution in [3.05, 3.63) is 76.7 Å². The minimum atomic E-state index is -0.603. The van der Waals surface area contributed by atoms with Crippen LogP contribution in [-0.4, -0.2) is 27.8 Å². The molecule has 7 heteroatoms. The zero-order valence-electron chi connectivity index (χ0n) is 18.2. The van der Waals surface area contributed by atoms with Gasteiger partial charge in [-0.25, -0.2) is 9.78 Å². The lowest BCUT2D eigenvalue weighted by atomic mass is 10.1. The second kappa shape index (κ2) is 10.1. The first-order chi connectivity index (χ1) is 14.7. The molecule has 1 heterocycles. The third kappa shape index (κ3) is 6.94. The summed E-state index contributed by atoms with van der Waals surface area (Å²) >= 11 is 3.45. The maximum Gasteiger partial charge on any atom is 0.408 e. The number of carbonyl (C=O) groups excluding carboxylic acids is 1. The molecule has 164 valence electrons. The second-order valence-corrected chi connectivity index (χ2v) is 9.23. The molecule has 3 rings (SSSR count). The normalized spacial score (nSPS) is 13.5. The molecule has 0 bridgehead atoms. The van der Waals surface area contributed by atoms with Gasteiger partial charge in [0.15, 0.2) is 0 Å². The summed E-state index contributed by atoms with van der Waals surface area (Å²) in [6.45, 7) is 7.82. The summed E-state index contributed by atoms with van der Waals surface area (Å²) < 4.78 is 12.5. The van der Waals surface area contributed by atoms with E-state index in [2.05, 4.69) is 31.2 Å². The van der Waals surface area contributed by atoms with E-state index in [-0.39, 0.29) is 6.10 Å². The van der Waals surface area contributed by atoms with Crippen molar-refractivity contribution in [2.75, 3.05) is 0 Å². The average Bonchev–Trinajstić information content (AvgIpc) is 3.20. The molecule has 2 N–H and O–H groups in total. The quantitative estimate of drug-likeness (QED) is 0.429. The summed E-state index contributed by atoms with van der Waals surface area (Å²) in [7, 11) is 0. The van der Waals surface area contributed by atoms with Crippen LogP contribution in [0.15, 0.2) is 65.3 Å². The van der Waals surface area contributed by atoms with Crippen LogP contribution in [0.2, 0.25) is 0 Å². The van der Waals surface area contributed by atoms with Crippen molar-refractivity contribution >= 4 is 22.0 Å². The Bertz CT molecular complexity index is 981. The Hall–Kier alpha value is -2.64. The number of imidazole rings is 1. The first-order valence-electron chi connectivity index (χ1n) is 10.2. The number of hydrogen-bond acceptors (Lipinski definition) is 4. The first kappa shape index (κ1) is 23.0. The van der Waals surface area contributed by atoms with Crippen molar-refractivity contribution in [1.29, 1.82) is 0 Å². The van der Waals surface area contributed by atoms with Gasteiger partial charge in [-0.1, -0.05) is 58.4 Å². The van der Waals surface area contributed by atoms with Gasteiger partial charge >= 0.3 is 6.09 Å². The zero-order valence-corrected chi connectivity index (χ0v) is 19.8. The van der Waals surface area contributed by atoms with E-state index < -0.39 is 17.7 Å². The van der Waals surface area contributed by atoms with Crippen LogP contribution in [0.1, 0.15) is 45.1 Å². The van der Waals surface area contributed by atoms with E-state index in [0.717, 1.165) is 21.3 Å². The molecule has 1 aromatic heterocycles. The molecule has 0 aliphatic rings. The predicted molar refractivity (Wildman–Crippen MR) is 125 cm³/mol. The number of rotatable bonds is 7. The molecule has 0 fully saturated rings. The Labute approximate surface area is 191 Å². The van der Waals surface area contributed by atoms with Crippen LogP contribution in [0.25, 0.3) is 11.3 Å². The highest BCUT2D eigenvalue weighted by atomic mass is 79.9. The smallest absolute Gasteiger partial charge is 0.408 e. The number of H-pyrrole nitrogens is 1. The largest absolute Gasteiger partial charge is 0.444 e. The van der Waals surface area contributed by atoms with Gasteiger partial charge in [0.1, 0.15) is 17.5 Å². The molecule has 2 aromatic carbocycles. The molecular weight excluding hydrogens is 458 g/mol. The number of aromatic nitrogens is 2. The molecule has 3 aromatic rings. The molecule has 0 aliphatic heterocycles. The van der Waals surface area contributed by atoms with E-state index >= 15 is 0 Å². The number of nitrogens with one attached hydrogen (secondary N) is 2. The lowest BCUT2D eigenvalue weighted by molar-refractivity contribution is 0.0126. The van der Waals surface area contributed by atoms with Crippen LogP contribution < -0.4 is 5.32 Å². The molecule has 0 aliphatic carbocycles. The SMILES string of the molecule is C[C@H](OCc1ccccc1)[C@H](NC(=O)OC(C)(C)C)c1ncc(-c2ccc(Br)cc2)[nH]1. The first-order valence-corrected chi connectivity index (χ1v) is 11.0. The molecule has 1 amide bonds. The van der Waals surface area contributed by atoms with Crippen molar-refractivity contribution in [3.63, 3.8) is 0 Å². The van der Waals surface area contributed by atoms with Crippen LogP contribution in [-0.2, 0) is 16.1 Å². The summed E-state index contributed by atoms with van der Waals surface area (Å²) in [6, 6.07) is 17.3. The summed E-state index contributed by atoms with van der Waals surface area (Å²) in [5.41, 5.74) is 2.30. The van der Waals surface area contributed by atoms with Crippen LogP contribution in [0.5, 0.6) is 0 Å². The monoisotopic (exact) mass is 485 g/mol. The molecule has 0 saturated heterocycles. The summed E-state index contributed by atoms with van der Waals surface area (Å²) in [5.74, 6) is 0.601. The molecular formula is C24H28BrN3O3. The summed E-state index contributed by atoms with van der Waals surface area (Å²) in [6.07, 6.45) is 0.887. The predicted octanol–water partition coefficient (Wildman–Crippen LogP) is 6.01. The van der Waals surface area contributed by atoms with Crippen molar-refractivity contribution in [2.24, 2.45) is 0 Å². The minimum absolute atomic E-state index is 0.350. The van der Waals surface area contributed by atoms with Crippen LogP contribution in [0.4, 0.5) is 4.79 Å². The molecule has 0 radical (unpaired) electrons. The number of ether oxygens (including phenoxy) is 2. The number of aromatic amines is 1. The number of carbonyl (C=O) groups is 1. The van der Waals surface area contributed by atoms with Crippen molar-refractivity contribution < 1.29 is 14.3 Å². The van der Waals surface area contributed by atoms with Gasteiger partial charge in [0, 0.05) is 4.47 Å². The number of amides is 1. The molecule has 31 heavy (non-hydrogen) atoms. The standard InChI is InChI=1S/C24H28BrN3O3/c1-16(30-15-17-8-6-5-7-9-17)21(28-23(29)31-24(2,3)4)22-26-14-20(27-22)18-10-12-19(25)13-11-18/h5-14,16,21H,15H2,1-4H3,(H,26,27)(H,28,29)/t16-,21-/m0/s1. The zero-order chi connectivity index (χ0) is 22.4. The Balaban J connectivity index is 1.79. The Morgan fingerprint density at radius 2 is 1.81 bits per heavy atom. The highest BCUT2D eigenvalue weighted by Crippen LogP contribution is 2.24. The van der Waals surface area contributed by atoms with Gasteiger partial charge < -0.3 is 19.8 Å². The number of halogens is 1. The van der Waals surface area contributed by atoms with E-state index in [4.69, 9.17) is 9.47 Å². The van der Waals surface area contributed by atoms with E-state index in [1.54, 1.807) is 6.20 Å². The second-order valence-electron chi connectivity index (χ2n) is 8.31. The van der Waals surface area contributed by atoms with E-state index in [9.17, 15) is 4.79 Å². The Morgan fingerprint density at radius 1 is 1.13 bits per heavy atom. The number of benzene rings is 2. The third-order valence-corrected chi connectivity index (χ3v) is 5.07.